The SMILES string of the molecule is COC(=O)C[C@H](NC(=O)c1cccc(S(=O)(=O)Nc2ccc(F)cc2)c1)c1ccc(C)cc1. The molecular weight excluding hydrogens is 447 g/mol. The molecule has 0 aliphatic heterocycles. The molecule has 3 aromatic rings. The summed E-state index contributed by atoms with van der Waals surface area (Å²) in [5.41, 5.74) is 2.01. The lowest BCUT2D eigenvalue weighted by Gasteiger charge is -2.19. The first-order chi connectivity index (χ1) is 15.7. The summed E-state index contributed by atoms with van der Waals surface area (Å²) in [5.74, 6) is -1.55. The van der Waals surface area contributed by atoms with Gasteiger partial charge in [-0.15, -0.1) is 0 Å². The maximum Gasteiger partial charge on any atom is 0.307 e. The lowest BCUT2D eigenvalue weighted by molar-refractivity contribution is -0.141. The van der Waals surface area contributed by atoms with Crippen LogP contribution in [0, 0.1) is 12.7 Å². The number of methoxy groups -OCH3 is 1. The molecule has 0 radical (unpaired) electrons. The van der Waals surface area contributed by atoms with Crippen molar-refractivity contribution in [1.82, 2.24) is 5.32 Å². The highest BCUT2D eigenvalue weighted by atomic mass is 32.2. The van der Waals surface area contributed by atoms with Gasteiger partial charge in [0.25, 0.3) is 15.9 Å². The number of sulfonamides is 1. The van der Waals surface area contributed by atoms with Crippen LogP contribution in [0.1, 0.15) is 33.9 Å². The predicted octanol–water partition coefficient (Wildman–Crippen LogP) is 3.97. The second-order valence-corrected chi connectivity index (χ2v) is 9.04. The summed E-state index contributed by atoms with van der Waals surface area (Å²) in [6, 6.07) is 17.0. The van der Waals surface area contributed by atoms with E-state index in [9.17, 15) is 22.4 Å². The molecule has 3 rings (SSSR count). The average Bonchev–Trinajstić information content (AvgIpc) is 2.80. The molecule has 172 valence electrons. The average molecular weight is 471 g/mol. The molecule has 0 heterocycles. The van der Waals surface area contributed by atoms with Crippen LogP contribution in [0.3, 0.4) is 0 Å². The molecule has 7 nitrogen and oxygen atoms in total. The maximum absolute atomic E-state index is 13.1. The predicted molar refractivity (Wildman–Crippen MR) is 122 cm³/mol. The second kappa shape index (κ2) is 10.3. The van der Waals surface area contributed by atoms with Crippen molar-refractivity contribution in [3.8, 4) is 0 Å². The van der Waals surface area contributed by atoms with Gasteiger partial charge in [-0.05, 0) is 55.0 Å². The zero-order valence-electron chi connectivity index (χ0n) is 18.0. The van der Waals surface area contributed by atoms with E-state index in [2.05, 4.69) is 10.0 Å². The van der Waals surface area contributed by atoms with E-state index in [1.165, 1.54) is 43.5 Å². The van der Waals surface area contributed by atoms with Gasteiger partial charge in [0.05, 0.1) is 24.5 Å². The standard InChI is InChI=1S/C24H23FN2O5S/c1-16-6-8-17(9-7-16)22(15-23(28)32-2)26-24(29)18-4-3-5-21(14-18)33(30,31)27-20-12-10-19(25)11-13-20/h3-14,22,27H,15H2,1-2H3,(H,26,29)/t22-/m0/s1. The summed E-state index contributed by atoms with van der Waals surface area (Å²) in [6.45, 7) is 1.92. The van der Waals surface area contributed by atoms with Gasteiger partial charge in [-0.2, -0.15) is 0 Å². The van der Waals surface area contributed by atoms with E-state index in [-0.39, 0.29) is 22.6 Å². The number of carbonyl (C=O) groups is 2. The van der Waals surface area contributed by atoms with Crippen molar-refractivity contribution in [3.05, 3.63) is 95.3 Å². The van der Waals surface area contributed by atoms with Crippen LogP contribution in [0.4, 0.5) is 10.1 Å². The highest BCUT2D eigenvalue weighted by molar-refractivity contribution is 7.92. The Kier molecular flexibility index (Phi) is 7.44. The number of carbonyl (C=O) groups excluding carboxylic acids is 2. The molecule has 1 amide bonds. The minimum absolute atomic E-state index is 0.0879. The van der Waals surface area contributed by atoms with Crippen LogP contribution in [0.25, 0.3) is 0 Å². The van der Waals surface area contributed by atoms with Gasteiger partial charge in [0.2, 0.25) is 0 Å². The Morgan fingerprint density at radius 3 is 2.30 bits per heavy atom. The number of ether oxygens (including phenoxy) is 1. The van der Waals surface area contributed by atoms with E-state index >= 15 is 0 Å². The molecular formula is C24H23FN2O5S. The van der Waals surface area contributed by atoms with Crippen LogP contribution >= 0.6 is 0 Å². The largest absolute Gasteiger partial charge is 0.469 e. The summed E-state index contributed by atoms with van der Waals surface area (Å²) < 4.78 is 45.6. The lowest BCUT2D eigenvalue weighted by Crippen LogP contribution is -2.30. The topological polar surface area (TPSA) is 102 Å². The monoisotopic (exact) mass is 470 g/mol. The van der Waals surface area contributed by atoms with Crippen LogP contribution in [0.15, 0.2) is 77.7 Å². The van der Waals surface area contributed by atoms with Crippen LogP contribution < -0.4 is 10.0 Å². The number of anilines is 1. The van der Waals surface area contributed by atoms with E-state index in [0.29, 0.717) is 5.56 Å². The Morgan fingerprint density at radius 1 is 1.00 bits per heavy atom. The number of rotatable bonds is 8. The van der Waals surface area contributed by atoms with Crippen LogP contribution in [0.2, 0.25) is 0 Å². The Balaban J connectivity index is 1.82. The molecule has 3 aromatic carbocycles. The summed E-state index contributed by atoms with van der Waals surface area (Å²) in [7, 11) is -2.75. The van der Waals surface area contributed by atoms with Gasteiger partial charge >= 0.3 is 5.97 Å². The third kappa shape index (κ3) is 6.39. The summed E-state index contributed by atoms with van der Waals surface area (Å²) >= 11 is 0. The van der Waals surface area contributed by atoms with E-state index in [1.807, 2.05) is 19.1 Å². The second-order valence-electron chi connectivity index (χ2n) is 7.36. The molecule has 1 atom stereocenters. The van der Waals surface area contributed by atoms with Gasteiger partial charge in [-0.25, -0.2) is 12.8 Å². The van der Waals surface area contributed by atoms with Gasteiger partial charge in [0.1, 0.15) is 5.82 Å². The number of hydrogen-bond acceptors (Lipinski definition) is 5. The smallest absolute Gasteiger partial charge is 0.307 e. The summed E-state index contributed by atoms with van der Waals surface area (Å²) in [6.07, 6.45) is -0.0879. The van der Waals surface area contributed by atoms with Gasteiger partial charge in [0.15, 0.2) is 0 Å². The highest BCUT2D eigenvalue weighted by Crippen LogP contribution is 2.21. The minimum atomic E-state index is -4.02. The number of amides is 1. The molecule has 2 N–H and O–H groups in total. The Hall–Kier alpha value is -3.72. The molecule has 0 aliphatic rings. The molecule has 0 bridgehead atoms. The van der Waals surface area contributed by atoms with Gasteiger partial charge in [-0.3, -0.25) is 14.3 Å². The first-order valence-corrected chi connectivity index (χ1v) is 11.5. The summed E-state index contributed by atoms with van der Waals surface area (Å²) in [4.78, 5) is 24.7. The van der Waals surface area contributed by atoms with Crippen molar-refractivity contribution < 1.29 is 27.1 Å². The zero-order chi connectivity index (χ0) is 24.0. The first kappa shape index (κ1) is 23.9. The van der Waals surface area contributed by atoms with Crippen molar-refractivity contribution in [2.45, 2.75) is 24.3 Å². The van der Waals surface area contributed by atoms with Crippen LogP contribution in [0.5, 0.6) is 0 Å². The van der Waals surface area contributed by atoms with Crippen molar-refractivity contribution in [2.75, 3.05) is 11.8 Å². The number of hydrogen-bond donors (Lipinski definition) is 2. The van der Waals surface area contributed by atoms with E-state index in [4.69, 9.17) is 4.74 Å². The fourth-order valence-electron chi connectivity index (χ4n) is 3.08. The Bertz CT molecular complexity index is 1240. The fourth-order valence-corrected chi connectivity index (χ4v) is 4.18. The van der Waals surface area contributed by atoms with Crippen molar-refractivity contribution in [1.29, 1.82) is 0 Å². The Labute approximate surface area is 191 Å². The number of halogens is 1. The normalized spacial score (nSPS) is 12.0. The highest BCUT2D eigenvalue weighted by Gasteiger charge is 2.21. The molecule has 0 spiro atoms. The van der Waals surface area contributed by atoms with Crippen molar-refractivity contribution in [3.63, 3.8) is 0 Å². The maximum atomic E-state index is 13.1. The molecule has 0 unspecified atom stereocenters. The molecule has 0 saturated heterocycles. The van der Waals surface area contributed by atoms with Crippen LogP contribution in [-0.2, 0) is 19.6 Å². The summed E-state index contributed by atoms with van der Waals surface area (Å²) in [5, 5.41) is 2.77. The van der Waals surface area contributed by atoms with Gasteiger partial charge < -0.3 is 10.1 Å². The van der Waals surface area contributed by atoms with Crippen LogP contribution in [-0.4, -0.2) is 27.4 Å². The molecule has 0 aliphatic carbocycles. The first-order valence-electron chi connectivity index (χ1n) is 10.0. The lowest BCUT2D eigenvalue weighted by atomic mass is 10.0. The Morgan fingerprint density at radius 2 is 1.67 bits per heavy atom. The van der Waals surface area contributed by atoms with E-state index in [1.54, 1.807) is 12.1 Å². The third-order valence-electron chi connectivity index (χ3n) is 4.89. The number of aryl methyl sites for hydroxylation is 1. The number of benzene rings is 3. The van der Waals surface area contributed by atoms with Gasteiger partial charge in [-0.1, -0.05) is 35.9 Å². The number of esters is 1. The fraction of sp³-hybridized carbons (Fsp3) is 0.167. The van der Waals surface area contributed by atoms with E-state index in [0.717, 1.165) is 17.7 Å². The van der Waals surface area contributed by atoms with Crippen molar-refractivity contribution >= 4 is 27.6 Å². The van der Waals surface area contributed by atoms with E-state index < -0.39 is 33.8 Å². The molecule has 0 aromatic heterocycles. The number of nitrogens with one attached hydrogen (secondary N) is 2. The zero-order valence-corrected chi connectivity index (χ0v) is 18.9. The third-order valence-corrected chi connectivity index (χ3v) is 6.27. The van der Waals surface area contributed by atoms with Gasteiger partial charge in [0, 0.05) is 11.3 Å². The molecule has 33 heavy (non-hydrogen) atoms. The molecule has 0 fully saturated rings. The quantitative estimate of drug-likeness (QED) is 0.485. The molecule has 0 saturated carbocycles. The van der Waals surface area contributed by atoms with Crippen molar-refractivity contribution in [2.24, 2.45) is 0 Å². The minimum Gasteiger partial charge on any atom is -0.469 e. The molecule has 9 heteroatoms.